The van der Waals surface area contributed by atoms with Gasteiger partial charge in [0.25, 0.3) is 5.91 Å². The number of carbonyl (C=O) groups is 3. The van der Waals surface area contributed by atoms with Gasteiger partial charge in [-0.2, -0.15) is 12.6 Å². The van der Waals surface area contributed by atoms with Crippen LogP contribution in [0.25, 0.3) is 0 Å². The van der Waals surface area contributed by atoms with Crippen molar-refractivity contribution in [2.24, 2.45) is 5.92 Å². The number of nitrogens with zero attached hydrogens (tertiary/aromatic N) is 1. The van der Waals surface area contributed by atoms with Crippen molar-refractivity contribution in [3.63, 3.8) is 0 Å². The number of phenolic OH excluding ortho intramolecular Hbond substituents is 1. The smallest absolute Gasteiger partial charge is 0.408 e. The molecule has 1 aliphatic carbocycles. The first-order chi connectivity index (χ1) is 17.8. The Morgan fingerprint density at radius 2 is 1.79 bits per heavy atom. The number of hydrogen-bond acceptors (Lipinski definition) is 7. The fraction of sp³-hybridized carbons (Fsp3) is 0.464. The Kier molecular flexibility index (Phi) is 9.19. The fourth-order valence-corrected chi connectivity index (χ4v) is 4.41. The molecule has 38 heavy (non-hydrogen) atoms. The predicted molar refractivity (Wildman–Crippen MR) is 149 cm³/mol. The number of thiol groups is 1. The number of ether oxygens (including phenoxy) is 2. The number of aryl methyl sites for hydroxylation is 1. The summed E-state index contributed by atoms with van der Waals surface area (Å²) >= 11 is 4.32. The molecule has 4 atom stereocenters. The number of methoxy groups -OCH3 is 1. The first-order valence-corrected chi connectivity index (χ1v) is 13.1. The molecule has 206 valence electrons. The minimum absolute atomic E-state index is 0.0110. The van der Waals surface area contributed by atoms with Crippen molar-refractivity contribution in [3.8, 4) is 11.5 Å². The van der Waals surface area contributed by atoms with E-state index in [-0.39, 0.29) is 23.5 Å². The molecule has 1 fully saturated rings. The van der Waals surface area contributed by atoms with Crippen molar-refractivity contribution in [1.29, 1.82) is 0 Å². The van der Waals surface area contributed by atoms with Gasteiger partial charge in [0.05, 0.1) is 7.11 Å². The van der Waals surface area contributed by atoms with Gasteiger partial charge < -0.3 is 30.1 Å². The third-order valence-corrected chi connectivity index (χ3v) is 6.64. The molecule has 9 nitrogen and oxygen atoms in total. The number of hydrogen-bond donors (Lipinski definition) is 4. The molecule has 4 unspecified atom stereocenters. The van der Waals surface area contributed by atoms with Crippen LogP contribution in [0.2, 0.25) is 0 Å². The molecule has 0 radical (unpaired) electrons. The summed E-state index contributed by atoms with van der Waals surface area (Å²) in [6.07, 6.45) is -0.0330. The highest BCUT2D eigenvalue weighted by Crippen LogP contribution is 2.41. The van der Waals surface area contributed by atoms with E-state index in [1.165, 1.54) is 11.0 Å². The normalized spacial score (nSPS) is 18.1. The van der Waals surface area contributed by atoms with Crippen molar-refractivity contribution in [1.82, 2.24) is 10.2 Å². The zero-order valence-electron chi connectivity index (χ0n) is 22.6. The molecule has 0 aromatic heterocycles. The summed E-state index contributed by atoms with van der Waals surface area (Å²) in [6.45, 7) is 8.92. The Balaban J connectivity index is 1.99. The molecule has 10 heteroatoms. The summed E-state index contributed by atoms with van der Waals surface area (Å²) in [5.74, 6) is 0.0267. The van der Waals surface area contributed by atoms with Crippen LogP contribution in [0.4, 0.5) is 10.5 Å². The Morgan fingerprint density at radius 1 is 1.16 bits per heavy atom. The van der Waals surface area contributed by atoms with Gasteiger partial charge in [0.2, 0.25) is 5.91 Å². The van der Waals surface area contributed by atoms with Gasteiger partial charge in [-0.3, -0.25) is 9.59 Å². The van der Waals surface area contributed by atoms with Crippen LogP contribution >= 0.6 is 12.6 Å². The summed E-state index contributed by atoms with van der Waals surface area (Å²) in [5, 5.41) is 15.6. The topological polar surface area (TPSA) is 117 Å². The highest BCUT2D eigenvalue weighted by atomic mass is 32.1. The molecule has 1 saturated carbocycles. The van der Waals surface area contributed by atoms with Gasteiger partial charge in [-0.1, -0.05) is 13.0 Å². The zero-order chi connectivity index (χ0) is 28.2. The van der Waals surface area contributed by atoms with Crippen LogP contribution in [0.5, 0.6) is 11.5 Å². The molecule has 0 saturated heterocycles. The van der Waals surface area contributed by atoms with Crippen LogP contribution in [-0.4, -0.2) is 58.5 Å². The molecular formula is C28H37N3O6S. The number of anilines is 1. The lowest BCUT2D eigenvalue weighted by molar-refractivity contribution is -0.141. The van der Waals surface area contributed by atoms with E-state index in [0.717, 1.165) is 0 Å². The van der Waals surface area contributed by atoms with Crippen LogP contribution in [0.15, 0.2) is 42.5 Å². The van der Waals surface area contributed by atoms with E-state index in [9.17, 15) is 19.5 Å². The maximum Gasteiger partial charge on any atom is 0.408 e. The van der Waals surface area contributed by atoms with Crippen LogP contribution in [0.3, 0.4) is 0 Å². The van der Waals surface area contributed by atoms with Gasteiger partial charge in [0.1, 0.15) is 29.2 Å². The van der Waals surface area contributed by atoms with Gasteiger partial charge in [-0.25, -0.2) is 4.79 Å². The number of carbonyl (C=O) groups excluding carboxylic acids is 3. The summed E-state index contributed by atoms with van der Waals surface area (Å²) in [4.78, 5) is 41.8. The van der Waals surface area contributed by atoms with Crippen molar-refractivity contribution in [2.75, 3.05) is 18.2 Å². The number of aromatic hydroxyl groups is 1. The maximum absolute atomic E-state index is 14.0. The first kappa shape index (κ1) is 29.2. The molecule has 2 aromatic carbocycles. The predicted octanol–water partition coefficient (Wildman–Crippen LogP) is 4.45. The summed E-state index contributed by atoms with van der Waals surface area (Å²) < 4.78 is 10.5. The van der Waals surface area contributed by atoms with Crippen molar-refractivity contribution in [3.05, 3.63) is 53.6 Å². The minimum Gasteiger partial charge on any atom is -0.508 e. The third kappa shape index (κ3) is 7.34. The lowest BCUT2D eigenvalue weighted by Crippen LogP contribution is -2.54. The van der Waals surface area contributed by atoms with Crippen LogP contribution in [0, 0.1) is 12.8 Å². The van der Waals surface area contributed by atoms with E-state index >= 15 is 0 Å². The first-order valence-electron chi connectivity index (χ1n) is 12.5. The average molecular weight is 544 g/mol. The Morgan fingerprint density at radius 3 is 2.29 bits per heavy atom. The third-order valence-electron chi connectivity index (χ3n) is 6.27. The Bertz CT molecular complexity index is 1160. The van der Waals surface area contributed by atoms with Crippen molar-refractivity contribution in [2.45, 2.75) is 64.8 Å². The Labute approximate surface area is 229 Å². The van der Waals surface area contributed by atoms with Gasteiger partial charge in [0, 0.05) is 17.5 Å². The fourth-order valence-electron chi connectivity index (χ4n) is 4.16. The second kappa shape index (κ2) is 12.0. The number of amides is 3. The molecule has 3 N–H and O–H groups in total. The van der Waals surface area contributed by atoms with E-state index in [2.05, 4.69) is 23.3 Å². The molecule has 0 spiro atoms. The van der Waals surface area contributed by atoms with E-state index in [1.807, 2.05) is 6.92 Å². The molecule has 3 amide bonds. The van der Waals surface area contributed by atoms with Crippen molar-refractivity contribution < 1.29 is 29.0 Å². The SMILES string of the molecule is COc1ccc(NC(=O)C(c2ccc(O)c(C)c2)N(C(=O)C(CS)NC(=O)OC(C)(C)C)C2CC2C)cc1. The van der Waals surface area contributed by atoms with Crippen LogP contribution < -0.4 is 15.4 Å². The largest absolute Gasteiger partial charge is 0.508 e. The molecule has 1 aliphatic rings. The standard InChI is InChI=1S/C28H37N3O6S/c1-16-14-22(16)31(26(34)21(15-38)30-27(35)37-28(3,4)5)24(18-7-12-23(32)17(2)13-18)25(33)29-19-8-10-20(36-6)11-9-19/h7-13,16,21-22,24,32,38H,14-15H2,1-6H3,(H,29,33)(H,30,35). The molecule has 0 heterocycles. The lowest BCUT2D eigenvalue weighted by atomic mass is 10.00. The number of alkyl carbamates (subject to hydrolysis) is 1. The quantitative estimate of drug-likeness (QED) is 0.347. The Hall–Kier alpha value is -3.40. The number of phenols is 1. The summed E-state index contributed by atoms with van der Waals surface area (Å²) in [5.41, 5.74) is 0.890. The highest BCUT2D eigenvalue weighted by Gasteiger charge is 2.48. The molecule has 0 bridgehead atoms. The monoisotopic (exact) mass is 543 g/mol. The molecular weight excluding hydrogens is 506 g/mol. The number of nitrogens with one attached hydrogen (secondary N) is 2. The molecule has 0 aliphatic heterocycles. The van der Waals surface area contributed by atoms with Gasteiger partial charge >= 0.3 is 6.09 Å². The summed E-state index contributed by atoms with van der Waals surface area (Å²) in [6, 6.07) is 9.44. The molecule has 2 aromatic rings. The number of benzene rings is 2. The second-order valence-corrected chi connectivity index (χ2v) is 10.9. The molecule has 3 rings (SSSR count). The van der Waals surface area contributed by atoms with Gasteiger partial charge in [0.15, 0.2) is 0 Å². The summed E-state index contributed by atoms with van der Waals surface area (Å²) in [7, 11) is 1.56. The number of rotatable bonds is 9. The van der Waals surface area contributed by atoms with E-state index in [0.29, 0.717) is 29.0 Å². The lowest BCUT2D eigenvalue weighted by Gasteiger charge is -2.35. The van der Waals surface area contributed by atoms with Gasteiger partial charge in [-0.05, 0) is 87.6 Å². The average Bonchev–Trinajstić information content (AvgIpc) is 3.57. The second-order valence-electron chi connectivity index (χ2n) is 10.6. The van der Waals surface area contributed by atoms with E-state index in [4.69, 9.17) is 9.47 Å². The zero-order valence-corrected chi connectivity index (χ0v) is 23.5. The van der Waals surface area contributed by atoms with E-state index < -0.39 is 35.6 Å². The van der Waals surface area contributed by atoms with E-state index in [1.54, 1.807) is 71.2 Å². The van der Waals surface area contributed by atoms with Crippen LogP contribution in [-0.2, 0) is 14.3 Å². The van der Waals surface area contributed by atoms with Crippen LogP contribution in [0.1, 0.15) is 51.3 Å². The van der Waals surface area contributed by atoms with Gasteiger partial charge in [-0.15, -0.1) is 0 Å². The van der Waals surface area contributed by atoms with Crippen molar-refractivity contribution >= 4 is 36.2 Å². The minimum atomic E-state index is -1.03. The highest BCUT2D eigenvalue weighted by molar-refractivity contribution is 7.80. The maximum atomic E-state index is 14.0.